The zero-order valence-electron chi connectivity index (χ0n) is 15.5. The van der Waals surface area contributed by atoms with Gasteiger partial charge in [0.2, 0.25) is 0 Å². The van der Waals surface area contributed by atoms with E-state index in [0.717, 1.165) is 83.8 Å². The summed E-state index contributed by atoms with van der Waals surface area (Å²) in [6, 6.07) is 7.62. The number of hydrazine groups is 2. The monoisotopic (exact) mass is 350 g/mol. The van der Waals surface area contributed by atoms with Crippen molar-refractivity contribution in [3.63, 3.8) is 0 Å². The van der Waals surface area contributed by atoms with Gasteiger partial charge in [0.25, 0.3) is 0 Å². The van der Waals surface area contributed by atoms with Crippen LogP contribution in [0.2, 0.25) is 0 Å². The molecule has 10 atom stereocenters. The van der Waals surface area contributed by atoms with E-state index in [1.807, 2.05) is 0 Å². The third-order valence-electron chi connectivity index (χ3n) is 12.0. The van der Waals surface area contributed by atoms with E-state index in [-0.39, 0.29) is 0 Å². The lowest BCUT2D eigenvalue weighted by Gasteiger charge is -2.71. The molecule has 138 valence electrons. The second-order valence-corrected chi connectivity index (χ2v) is 11.9. The van der Waals surface area contributed by atoms with Crippen molar-refractivity contribution in [1.29, 1.82) is 0 Å². The van der Waals surface area contributed by atoms with Gasteiger partial charge in [-0.05, 0) is 86.9 Å². The third-order valence-corrected chi connectivity index (χ3v) is 12.0. The van der Waals surface area contributed by atoms with Crippen molar-refractivity contribution in [2.24, 2.45) is 35.5 Å². The number of fused-ring (bicyclic) bond motifs is 4. The maximum Gasteiger partial charge on any atom is 0.0331 e. The highest BCUT2D eigenvalue weighted by atomic mass is 15.8. The lowest BCUT2D eigenvalue weighted by atomic mass is 9.53. The standard InChI is InChI=1S/C22H30N4/c1-2-10-4-3-9(1)23-19-13-14-16-15(13)21-17(19)18(20(14)24(10)23)22(16)26-12-7-5-11(6-8-12)25(21)26/h9-22H,1-8H2/t9?,10?,11?,12?,13?,14?,15?,16?,17?,18?,19-,20+,21+,22-. The van der Waals surface area contributed by atoms with Crippen molar-refractivity contribution in [3.8, 4) is 0 Å². The Labute approximate surface area is 155 Å². The summed E-state index contributed by atoms with van der Waals surface area (Å²) in [5.41, 5.74) is 0. The molecule has 4 nitrogen and oxygen atoms in total. The highest BCUT2D eigenvalue weighted by molar-refractivity contribution is 5.38. The molecule has 0 N–H and O–H groups in total. The summed E-state index contributed by atoms with van der Waals surface area (Å²) in [5.74, 6) is 6.56. The summed E-state index contributed by atoms with van der Waals surface area (Å²) in [6.07, 6.45) is 12.1. The molecule has 15 fully saturated rings. The number of nitrogens with zero attached hydrogens (tertiary/aromatic N) is 4. The number of rotatable bonds is 0. The van der Waals surface area contributed by atoms with E-state index in [9.17, 15) is 0 Å². The van der Waals surface area contributed by atoms with Gasteiger partial charge in [0.05, 0.1) is 0 Å². The average molecular weight is 351 g/mol. The molecule has 15 rings (SSSR count). The molecule has 8 heterocycles. The van der Waals surface area contributed by atoms with E-state index in [0.29, 0.717) is 0 Å². The SMILES string of the molecule is C1CC2CCC1N1[C@@H]3C4C5C6C4[C@H]4C3C([C@@H]6N3C6CCC(CC6)N43)[C@H]5N21. The number of hydrogen-bond acceptors (Lipinski definition) is 4. The molecule has 0 radical (unpaired) electrons. The zero-order valence-corrected chi connectivity index (χ0v) is 15.5. The Morgan fingerprint density at radius 1 is 0.308 bits per heavy atom. The van der Waals surface area contributed by atoms with Crippen LogP contribution in [0.4, 0.5) is 0 Å². The Morgan fingerprint density at radius 3 is 0.769 bits per heavy atom. The normalized spacial score (nSPS) is 82.2. The van der Waals surface area contributed by atoms with Crippen molar-refractivity contribution < 1.29 is 0 Å². The second kappa shape index (κ2) is 3.69. The molecule has 14 bridgehead atoms. The van der Waals surface area contributed by atoms with Crippen molar-refractivity contribution in [3.05, 3.63) is 0 Å². The molecule has 7 saturated carbocycles. The fourth-order valence-electron chi connectivity index (χ4n) is 12.0. The predicted molar refractivity (Wildman–Crippen MR) is 95.5 cm³/mol. The first-order valence-electron chi connectivity index (χ1n) is 12.1. The highest BCUT2D eigenvalue weighted by Gasteiger charge is 2.89. The summed E-state index contributed by atoms with van der Waals surface area (Å²) < 4.78 is 0. The third kappa shape index (κ3) is 0.994. The topological polar surface area (TPSA) is 13.0 Å². The quantitative estimate of drug-likeness (QED) is 0.662. The lowest BCUT2D eigenvalue weighted by molar-refractivity contribution is -0.318. The predicted octanol–water partition coefficient (Wildman–Crippen LogP) is 1.93. The molecule has 7 aliphatic carbocycles. The molecule has 0 spiro atoms. The Balaban J connectivity index is 1.20. The number of hydrogen-bond donors (Lipinski definition) is 0. The smallest absolute Gasteiger partial charge is 0.0331 e. The summed E-state index contributed by atoms with van der Waals surface area (Å²) in [6.45, 7) is 0. The zero-order chi connectivity index (χ0) is 16.0. The van der Waals surface area contributed by atoms with Gasteiger partial charge in [-0.15, -0.1) is 0 Å². The molecule has 0 aromatic carbocycles. The van der Waals surface area contributed by atoms with Crippen molar-refractivity contribution in [2.45, 2.75) is 99.7 Å². The van der Waals surface area contributed by atoms with E-state index in [2.05, 4.69) is 20.0 Å². The molecule has 4 heteroatoms. The summed E-state index contributed by atoms with van der Waals surface area (Å²) >= 11 is 0. The summed E-state index contributed by atoms with van der Waals surface area (Å²) in [4.78, 5) is 0. The maximum absolute atomic E-state index is 3.09. The molecule has 0 amide bonds. The molecular weight excluding hydrogens is 320 g/mol. The molecule has 0 aromatic rings. The first-order valence-corrected chi connectivity index (χ1v) is 12.1. The van der Waals surface area contributed by atoms with E-state index in [1.54, 1.807) is 0 Å². The van der Waals surface area contributed by atoms with Gasteiger partial charge in [-0.3, -0.25) is 0 Å². The average Bonchev–Trinajstić information content (AvgIpc) is 3.07. The van der Waals surface area contributed by atoms with Crippen LogP contribution in [0.3, 0.4) is 0 Å². The van der Waals surface area contributed by atoms with E-state index >= 15 is 0 Å². The largest absolute Gasteiger partial charge is 0.234 e. The van der Waals surface area contributed by atoms with Gasteiger partial charge in [-0.2, -0.15) is 0 Å². The fraction of sp³-hybridized carbons (Fsp3) is 1.00. The van der Waals surface area contributed by atoms with Gasteiger partial charge in [0.15, 0.2) is 0 Å². The molecule has 6 unspecified atom stereocenters. The highest BCUT2D eigenvalue weighted by Crippen LogP contribution is 2.81. The van der Waals surface area contributed by atoms with Crippen LogP contribution < -0.4 is 0 Å². The van der Waals surface area contributed by atoms with Gasteiger partial charge in [0.1, 0.15) is 0 Å². The Morgan fingerprint density at radius 2 is 0.538 bits per heavy atom. The van der Waals surface area contributed by atoms with Crippen molar-refractivity contribution in [1.82, 2.24) is 20.0 Å². The Kier molecular flexibility index (Phi) is 1.87. The van der Waals surface area contributed by atoms with Crippen LogP contribution in [0.25, 0.3) is 0 Å². The van der Waals surface area contributed by atoms with Crippen LogP contribution in [-0.2, 0) is 0 Å². The summed E-state index contributed by atoms with van der Waals surface area (Å²) in [7, 11) is 0. The molecular formula is C22H30N4. The van der Waals surface area contributed by atoms with E-state index < -0.39 is 0 Å². The van der Waals surface area contributed by atoms with Gasteiger partial charge < -0.3 is 0 Å². The Bertz CT molecular complexity index is 608. The van der Waals surface area contributed by atoms with Crippen LogP contribution in [0.5, 0.6) is 0 Å². The summed E-state index contributed by atoms with van der Waals surface area (Å²) in [5, 5.41) is 12.4. The minimum Gasteiger partial charge on any atom is -0.234 e. The maximum atomic E-state index is 3.09. The fourth-order valence-corrected chi connectivity index (χ4v) is 12.0. The van der Waals surface area contributed by atoms with E-state index in [4.69, 9.17) is 0 Å². The van der Waals surface area contributed by atoms with Crippen LogP contribution in [0.1, 0.15) is 51.4 Å². The Hall–Kier alpha value is -0.160. The van der Waals surface area contributed by atoms with Gasteiger partial charge in [-0.1, -0.05) is 0 Å². The van der Waals surface area contributed by atoms with Crippen molar-refractivity contribution in [2.75, 3.05) is 0 Å². The van der Waals surface area contributed by atoms with Gasteiger partial charge >= 0.3 is 0 Å². The minimum atomic E-state index is 0.931. The lowest BCUT2D eigenvalue weighted by Crippen LogP contribution is -2.81. The van der Waals surface area contributed by atoms with E-state index in [1.165, 1.54) is 51.4 Å². The van der Waals surface area contributed by atoms with Crippen LogP contribution in [0.15, 0.2) is 0 Å². The first kappa shape index (κ1) is 13.1. The van der Waals surface area contributed by atoms with Gasteiger partial charge in [0, 0.05) is 48.3 Å². The molecule has 26 heavy (non-hydrogen) atoms. The van der Waals surface area contributed by atoms with Crippen molar-refractivity contribution >= 4 is 0 Å². The second-order valence-electron chi connectivity index (χ2n) is 11.9. The molecule has 8 saturated heterocycles. The molecule has 15 aliphatic rings. The molecule has 8 aliphatic heterocycles. The van der Waals surface area contributed by atoms with Crippen LogP contribution in [-0.4, -0.2) is 68.4 Å². The first-order chi connectivity index (χ1) is 12.9. The van der Waals surface area contributed by atoms with Crippen LogP contribution >= 0.6 is 0 Å². The minimum absolute atomic E-state index is 0.931. The van der Waals surface area contributed by atoms with Crippen LogP contribution in [0, 0.1) is 35.5 Å². The molecule has 0 aromatic heterocycles. The van der Waals surface area contributed by atoms with Gasteiger partial charge in [-0.25, -0.2) is 20.0 Å².